The zero-order valence-electron chi connectivity index (χ0n) is 15.4. The van der Waals surface area contributed by atoms with Gasteiger partial charge in [-0.2, -0.15) is 13.2 Å². The zero-order chi connectivity index (χ0) is 20.8. The standard InChI is InChI=1S/C21H16ClF3N2O2/c1-29-17-7-6-14(12-4-5-15-13(11-12)8-9-26-20(15)28)19-18(22)16(21(23,24)25)3-2-10-27(17)19/h2,4-7,11H,8-10H2,1H3,(H,26,28). The molecule has 4 nitrogen and oxygen atoms in total. The number of halogens is 4. The van der Waals surface area contributed by atoms with Gasteiger partial charge in [0.2, 0.25) is 0 Å². The Labute approximate surface area is 170 Å². The number of benzene rings is 1. The van der Waals surface area contributed by atoms with Crippen LogP contribution in [0.1, 0.15) is 21.5 Å². The molecule has 0 radical (unpaired) electrons. The molecule has 3 aliphatic heterocycles. The number of allylic oxidation sites excluding steroid dienone is 4. The van der Waals surface area contributed by atoms with Crippen molar-refractivity contribution in [3.63, 3.8) is 0 Å². The molecule has 0 saturated carbocycles. The Kier molecular flexibility index (Phi) is 4.81. The van der Waals surface area contributed by atoms with Gasteiger partial charge in [0, 0.05) is 17.7 Å². The zero-order valence-corrected chi connectivity index (χ0v) is 16.1. The molecule has 1 aromatic carbocycles. The molecule has 0 aromatic heterocycles. The van der Waals surface area contributed by atoms with Crippen LogP contribution in [0, 0.1) is 0 Å². The molecule has 8 heteroatoms. The summed E-state index contributed by atoms with van der Waals surface area (Å²) < 4.78 is 46.0. The number of fused-ring (bicyclic) bond motifs is 2. The maximum Gasteiger partial charge on any atom is 0.425 e. The van der Waals surface area contributed by atoms with Gasteiger partial charge in [0.1, 0.15) is 5.57 Å². The van der Waals surface area contributed by atoms with Gasteiger partial charge < -0.3 is 15.0 Å². The molecular weight excluding hydrogens is 405 g/mol. The van der Waals surface area contributed by atoms with Gasteiger partial charge in [-0.15, -0.1) is 5.73 Å². The third-order valence-electron chi connectivity index (χ3n) is 4.96. The van der Waals surface area contributed by atoms with Crippen molar-refractivity contribution in [2.45, 2.75) is 12.6 Å². The van der Waals surface area contributed by atoms with Crippen LogP contribution in [0.4, 0.5) is 13.2 Å². The van der Waals surface area contributed by atoms with Crippen molar-refractivity contribution in [1.82, 2.24) is 10.2 Å². The van der Waals surface area contributed by atoms with Gasteiger partial charge in [-0.25, -0.2) is 0 Å². The van der Waals surface area contributed by atoms with E-state index < -0.39 is 16.8 Å². The van der Waals surface area contributed by atoms with E-state index in [1.54, 1.807) is 29.2 Å². The Morgan fingerprint density at radius 2 is 2.07 bits per heavy atom. The first-order valence-corrected chi connectivity index (χ1v) is 9.27. The highest BCUT2D eigenvalue weighted by atomic mass is 35.5. The van der Waals surface area contributed by atoms with E-state index in [1.807, 2.05) is 6.07 Å². The third-order valence-corrected chi connectivity index (χ3v) is 5.33. The highest BCUT2D eigenvalue weighted by Crippen LogP contribution is 2.43. The van der Waals surface area contributed by atoms with Crippen LogP contribution in [0.25, 0.3) is 5.57 Å². The van der Waals surface area contributed by atoms with Crippen molar-refractivity contribution in [3.8, 4) is 0 Å². The topological polar surface area (TPSA) is 41.6 Å². The van der Waals surface area contributed by atoms with Crippen LogP contribution in [-0.4, -0.2) is 37.2 Å². The molecule has 1 aromatic rings. The molecule has 150 valence electrons. The minimum absolute atomic E-state index is 0.121. The summed E-state index contributed by atoms with van der Waals surface area (Å²) in [6, 6.07) is 5.23. The summed E-state index contributed by atoms with van der Waals surface area (Å²) >= 11 is 6.29. The van der Waals surface area contributed by atoms with E-state index in [0.717, 1.165) is 5.56 Å². The molecule has 0 saturated heterocycles. The number of nitrogens with one attached hydrogen (secondary N) is 1. The molecule has 29 heavy (non-hydrogen) atoms. The SMILES string of the molecule is COC1=CC=C(c2ccc3c(c2)CCNC3=O)C2=C(Cl)C(C(F)(F)F)=C=CCN12. The second-order valence-corrected chi connectivity index (χ2v) is 7.04. The molecule has 3 heterocycles. The fraction of sp³-hybridized carbons (Fsp3) is 0.238. The molecule has 3 aliphatic rings. The summed E-state index contributed by atoms with van der Waals surface area (Å²) in [7, 11) is 1.44. The number of carbonyl (C=O) groups excluding carboxylic acids is 1. The first kappa shape index (κ1) is 19.4. The summed E-state index contributed by atoms with van der Waals surface area (Å²) in [5.74, 6) is 0.220. The lowest BCUT2D eigenvalue weighted by atomic mass is 9.92. The van der Waals surface area contributed by atoms with Crippen LogP contribution in [0.2, 0.25) is 0 Å². The van der Waals surface area contributed by atoms with Crippen LogP contribution < -0.4 is 5.32 Å². The van der Waals surface area contributed by atoms with Gasteiger partial charge in [0.15, 0.2) is 5.88 Å². The van der Waals surface area contributed by atoms with Crippen LogP contribution >= 0.6 is 11.6 Å². The number of hydrogen-bond acceptors (Lipinski definition) is 3. The average molecular weight is 421 g/mol. The summed E-state index contributed by atoms with van der Waals surface area (Å²) in [6.45, 7) is 0.637. The van der Waals surface area contributed by atoms with Gasteiger partial charge in [-0.3, -0.25) is 4.79 Å². The minimum atomic E-state index is -4.65. The fourth-order valence-corrected chi connectivity index (χ4v) is 4.00. The molecule has 4 rings (SSSR count). The number of alkyl halides is 3. The molecule has 0 atom stereocenters. The van der Waals surface area contributed by atoms with Crippen LogP contribution in [0.3, 0.4) is 0 Å². The van der Waals surface area contributed by atoms with Crippen LogP contribution in [0.15, 0.2) is 64.3 Å². The van der Waals surface area contributed by atoms with Crippen molar-refractivity contribution in [3.05, 3.63) is 81.0 Å². The van der Waals surface area contributed by atoms with Crippen LogP contribution in [0.5, 0.6) is 0 Å². The van der Waals surface area contributed by atoms with Gasteiger partial charge in [0.25, 0.3) is 5.91 Å². The number of nitrogens with zero attached hydrogens (tertiary/aromatic N) is 1. The lowest BCUT2D eigenvalue weighted by molar-refractivity contribution is -0.0885. The quantitative estimate of drug-likeness (QED) is 0.727. The Balaban J connectivity index is 1.90. The van der Waals surface area contributed by atoms with Crippen molar-refractivity contribution in [2.24, 2.45) is 0 Å². The largest absolute Gasteiger partial charge is 0.482 e. The van der Waals surface area contributed by atoms with E-state index in [-0.39, 0.29) is 18.1 Å². The molecule has 1 N–H and O–H groups in total. The first-order valence-electron chi connectivity index (χ1n) is 8.89. The molecule has 0 unspecified atom stereocenters. The van der Waals surface area contributed by atoms with Crippen molar-refractivity contribution >= 4 is 23.1 Å². The highest BCUT2D eigenvalue weighted by molar-refractivity contribution is 6.33. The number of carbonyl (C=O) groups is 1. The Bertz CT molecular complexity index is 1060. The summed E-state index contributed by atoms with van der Waals surface area (Å²) in [6.07, 6.45) is 0.640. The summed E-state index contributed by atoms with van der Waals surface area (Å²) in [5.41, 5.74) is 4.04. The minimum Gasteiger partial charge on any atom is -0.482 e. The number of methoxy groups -OCH3 is 1. The number of amides is 1. The fourth-order valence-electron chi connectivity index (χ4n) is 3.63. The number of rotatable bonds is 2. The third kappa shape index (κ3) is 3.37. The monoisotopic (exact) mass is 420 g/mol. The maximum atomic E-state index is 13.5. The Hall–Kier alpha value is -2.89. The maximum absolute atomic E-state index is 13.5. The van der Waals surface area contributed by atoms with E-state index in [1.165, 1.54) is 13.2 Å². The van der Waals surface area contributed by atoms with E-state index >= 15 is 0 Å². The summed E-state index contributed by atoms with van der Waals surface area (Å²) in [5, 5.41) is 2.33. The number of ether oxygens (including phenoxy) is 1. The smallest absolute Gasteiger partial charge is 0.425 e. The second kappa shape index (κ2) is 7.17. The van der Waals surface area contributed by atoms with Crippen molar-refractivity contribution in [1.29, 1.82) is 0 Å². The Morgan fingerprint density at radius 3 is 2.79 bits per heavy atom. The molecule has 0 fully saturated rings. The molecule has 1 amide bonds. The lowest BCUT2D eigenvalue weighted by Crippen LogP contribution is -2.32. The lowest BCUT2D eigenvalue weighted by Gasteiger charge is -2.32. The van der Waals surface area contributed by atoms with Gasteiger partial charge in [-0.05, 0) is 41.8 Å². The molecule has 0 bridgehead atoms. The predicted octanol–water partition coefficient (Wildman–Crippen LogP) is 4.27. The van der Waals surface area contributed by atoms with E-state index in [9.17, 15) is 18.0 Å². The molecular formula is C21H16ClF3N2O2. The van der Waals surface area contributed by atoms with Gasteiger partial charge >= 0.3 is 6.18 Å². The van der Waals surface area contributed by atoms with E-state index in [4.69, 9.17) is 16.3 Å². The Morgan fingerprint density at radius 1 is 1.28 bits per heavy atom. The summed E-state index contributed by atoms with van der Waals surface area (Å²) in [4.78, 5) is 13.6. The van der Waals surface area contributed by atoms with E-state index in [2.05, 4.69) is 11.0 Å². The van der Waals surface area contributed by atoms with Crippen LogP contribution in [-0.2, 0) is 11.2 Å². The van der Waals surface area contributed by atoms with Gasteiger partial charge in [0.05, 0.1) is 24.4 Å². The highest BCUT2D eigenvalue weighted by Gasteiger charge is 2.40. The molecule has 0 spiro atoms. The molecule has 0 aliphatic carbocycles. The van der Waals surface area contributed by atoms with Crippen molar-refractivity contribution < 1.29 is 22.7 Å². The second-order valence-electron chi connectivity index (χ2n) is 6.66. The average Bonchev–Trinajstić information content (AvgIpc) is 2.86. The first-order chi connectivity index (χ1) is 13.8. The van der Waals surface area contributed by atoms with Crippen molar-refractivity contribution in [2.75, 3.05) is 20.2 Å². The number of hydrogen-bond donors (Lipinski definition) is 1. The normalized spacial score (nSPS) is 18.9. The van der Waals surface area contributed by atoms with E-state index in [0.29, 0.717) is 35.5 Å². The van der Waals surface area contributed by atoms with Gasteiger partial charge in [-0.1, -0.05) is 23.7 Å². The predicted molar refractivity (Wildman–Crippen MR) is 103 cm³/mol.